The fourth-order valence-corrected chi connectivity index (χ4v) is 3.29. The zero-order valence-corrected chi connectivity index (χ0v) is 16.9. The number of carbonyl (C=O) groups excluding carboxylic acids is 1. The van der Waals surface area contributed by atoms with Crippen molar-refractivity contribution in [3.8, 4) is 5.75 Å². The molecule has 0 spiro atoms. The molecule has 0 fully saturated rings. The van der Waals surface area contributed by atoms with Crippen molar-refractivity contribution in [2.45, 2.75) is 26.8 Å². The standard InChI is InChI=1S/C20H26N2O4S/c1-5-27(24,25)22(4)18-12-10-17(11-13-18)20(23)21-16(3)14-26-19-9-7-6-8-15(19)2/h6-13,16H,5,14H2,1-4H3,(H,21,23)/t16-/m0/s1. The molecule has 1 atom stereocenters. The number of nitrogens with zero attached hydrogens (tertiary/aromatic N) is 1. The molecule has 1 amide bonds. The van der Waals surface area contributed by atoms with E-state index in [2.05, 4.69) is 5.32 Å². The van der Waals surface area contributed by atoms with E-state index in [0.717, 1.165) is 11.3 Å². The summed E-state index contributed by atoms with van der Waals surface area (Å²) in [6.45, 7) is 5.78. The molecule has 7 heteroatoms. The van der Waals surface area contributed by atoms with Crippen molar-refractivity contribution in [3.63, 3.8) is 0 Å². The Morgan fingerprint density at radius 3 is 2.37 bits per heavy atom. The Labute approximate surface area is 161 Å². The van der Waals surface area contributed by atoms with Gasteiger partial charge in [-0.15, -0.1) is 0 Å². The minimum absolute atomic E-state index is 0.0180. The van der Waals surface area contributed by atoms with Gasteiger partial charge in [0.15, 0.2) is 0 Å². The van der Waals surface area contributed by atoms with Crippen molar-refractivity contribution in [2.75, 3.05) is 23.7 Å². The molecule has 1 N–H and O–H groups in total. The van der Waals surface area contributed by atoms with Crippen molar-refractivity contribution < 1.29 is 17.9 Å². The normalized spacial score (nSPS) is 12.3. The summed E-state index contributed by atoms with van der Waals surface area (Å²) < 4.78 is 30.8. The summed E-state index contributed by atoms with van der Waals surface area (Å²) in [5.41, 5.74) is 2.02. The van der Waals surface area contributed by atoms with Crippen LogP contribution in [0.3, 0.4) is 0 Å². The minimum atomic E-state index is -3.32. The summed E-state index contributed by atoms with van der Waals surface area (Å²) >= 11 is 0. The highest BCUT2D eigenvalue weighted by Gasteiger charge is 2.16. The van der Waals surface area contributed by atoms with E-state index < -0.39 is 10.0 Å². The second-order valence-corrected chi connectivity index (χ2v) is 8.65. The van der Waals surface area contributed by atoms with Crippen LogP contribution in [-0.4, -0.2) is 39.8 Å². The smallest absolute Gasteiger partial charge is 0.251 e. The molecule has 0 bridgehead atoms. The van der Waals surface area contributed by atoms with Gasteiger partial charge in [0, 0.05) is 12.6 Å². The van der Waals surface area contributed by atoms with Crippen LogP contribution in [0.25, 0.3) is 0 Å². The first kappa shape index (κ1) is 20.8. The van der Waals surface area contributed by atoms with E-state index in [-0.39, 0.29) is 17.7 Å². The van der Waals surface area contributed by atoms with Crippen LogP contribution in [0.2, 0.25) is 0 Å². The molecule has 0 aliphatic heterocycles. The maximum atomic E-state index is 12.4. The van der Waals surface area contributed by atoms with Gasteiger partial charge in [0.05, 0.1) is 17.5 Å². The lowest BCUT2D eigenvalue weighted by Gasteiger charge is -2.19. The topological polar surface area (TPSA) is 75.7 Å². The number of carbonyl (C=O) groups is 1. The van der Waals surface area contributed by atoms with Gasteiger partial charge in [0.25, 0.3) is 5.91 Å². The van der Waals surface area contributed by atoms with Gasteiger partial charge in [0.1, 0.15) is 12.4 Å². The lowest BCUT2D eigenvalue weighted by molar-refractivity contribution is 0.0926. The largest absolute Gasteiger partial charge is 0.491 e. The van der Waals surface area contributed by atoms with Gasteiger partial charge in [-0.25, -0.2) is 8.42 Å². The lowest BCUT2D eigenvalue weighted by Crippen LogP contribution is -2.36. The highest BCUT2D eigenvalue weighted by atomic mass is 32.2. The van der Waals surface area contributed by atoms with E-state index in [1.807, 2.05) is 38.1 Å². The first-order chi connectivity index (χ1) is 12.7. The number of amides is 1. The molecular formula is C20H26N2O4S. The Morgan fingerprint density at radius 2 is 1.78 bits per heavy atom. The van der Waals surface area contributed by atoms with Crippen LogP contribution in [0.1, 0.15) is 29.8 Å². The summed E-state index contributed by atoms with van der Waals surface area (Å²) in [4.78, 5) is 12.4. The number of para-hydroxylation sites is 1. The molecule has 0 heterocycles. The Bertz CT molecular complexity index is 879. The van der Waals surface area contributed by atoms with Gasteiger partial charge >= 0.3 is 0 Å². The van der Waals surface area contributed by atoms with E-state index in [4.69, 9.17) is 4.74 Å². The summed E-state index contributed by atoms with van der Waals surface area (Å²) in [5.74, 6) is 0.580. The van der Waals surface area contributed by atoms with Crippen LogP contribution in [0.5, 0.6) is 5.75 Å². The molecule has 0 aromatic heterocycles. The second kappa shape index (κ2) is 8.90. The number of aryl methyl sites for hydroxylation is 1. The van der Waals surface area contributed by atoms with Crippen molar-refractivity contribution in [2.24, 2.45) is 0 Å². The molecular weight excluding hydrogens is 364 g/mol. The molecule has 2 rings (SSSR count). The van der Waals surface area contributed by atoms with Crippen LogP contribution < -0.4 is 14.4 Å². The first-order valence-corrected chi connectivity index (χ1v) is 10.4. The molecule has 27 heavy (non-hydrogen) atoms. The number of hydrogen-bond acceptors (Lipinski definition) is 4. The summed E-state index contributed by atoms with van der Waals surface area (Å²) in [5, 5.41) is 2.88. The number of ether oxygens (including phenoxy) is 1. The molecule has 2 aromatic rings. The molecule has 0 unspecified atom stereocenters. The van der Waals surface area contributed by atoms with Crippen LogP contribution in [0.15, 0.2) is 48.5 Å². The molecule has 0 aliphatic carbocycles. The van der Waals surface area contributed by atoms with E-state index >= 15 is 0 Å². The van der Waals surface area contributed by atoms with Crippen molar-refractivity contribution in [1.29, 1.82) is 0 Å². The minimum Gasteiger partial charge on any atom is -0.491 e. The maximum absolute atomic E-state index is 12.4. The van der Waals surface area contributed by atoms with Crippen molar-refractivity contribution >= 4 is 21.6 Å². The quantitative estimate of drug-likeness (QED) is 0.752. The number of benzene rings is 2. The van der Waals surface area contributed by atoms with Crippen molar-refractivity contribution in [3.05, 3.63) is 59.7 Å². The molecule has 2 aromatic carbocycles. The predicted molar refractivity (Wildman–Crippen MR) is 108 cm³/mol. The molecule has 6 nitrogen and oxygen atoms in total. The highest BCUT2D eigenvalue weighted by molar-refractivity contribution is 7.92. The molecule has 0 radical (unpaired) electrons. The molecule has 146 valence electrons. The first-order valence-electron chi connectivity index (χ1n) is 8.80. The predicted octanol–water partition coefficient (Wildman–Crippen LogP) is 2.98. The fraction of sp³-hybridized carbons (Fsp3) is 0.350. The Morgan fingerprint density at radius 1 is 1.15 bits per heavy atom. The van der Waals surface area contributed by atoms with Crippen LogP contribution in [-0.2, 0) is 10.0 Å². The van der Waals surface area contributed by atoms with Gasteiger partial charge in [-0.2, -0.15) is 0 Å². The van der Waals surface area contributed by atoms with E-state index in [1.54, 1.807) is 31.2 Å². The molecule has 0 saturated heterocycles. The average Bonchev–Trinajstić information content (AvgIpc) is 2.66. The monoisotopic (exact) mass is 390 g/mol. The third-order valence-corrected chi connectivity index (χ3v) is 6.01. The van der Waals surface area contributed by atoms with Crippen LogP contribution >= 0.6 is 0 Å². The fourth-order valence-electron chi connectivity index (χ4n) is 2.46. The number of sulfonamides is 1. The van der Waals surface area contributed by atoms with Gasteiger partial charge in [-0.1, -0.05) is 18.2 Å². The molecule has 0 saturated carbocycles. The Kier molecular flexibility index (Phi) is 6.85. The van der Waals surface area contributed by atoms with E-state index in [9.17, 15) is 13.2 Å². The number of nitrogens with one attached hydrogen (secondary N) is 1. The summed E-state index contributed by atoms with van der Waals surface area (Å²) in [7, 11) is -1.83. The number of anilines is 1. The second-order valence-electron chi connectivity index (χ2n) is 6.37. The summed E-state index contributed by atoms with van der Waals surface area (Å²) in [6, 6.07) is 14.0. The van der Waals surface area contributed by atoms with Gasteiger partial charge in [-0.3, -0.25) is 9.10 Å². The number of hydrogen-bond donors (Lipinski definition) is 1. The zero-order chi connectivity index (χ0) is 20.0. The SMILES string of the molecule is CCS(=O)(=O)N(C)c1ccc(C(=O)N[C@@H](C)COc2ccccc2C)cc1. The Balaban J connectivity index is 1.94. The van der Waals surface area contributed by atoms with Gasteiger partial charge in [0.2, 0.25) is 10.0 Å². The maximum Gasteiger partial charge on any atom is 0.251 e. The third-order valence-electron chi connectivity index (χ3n) is 4.24. The number of rotatable bonds is 8. The lowest BCUT2D eigenvalue weighted by atomic mass is 10.2. The van der Waals surface area contributed by atoms with Crippen LogP contribution in [0, 0.1) is 6.92 Å². The van der Waals surface area contributed by atoms with Crippen molar-refractivity contribution in [1.82, 2.24) is 5.32 Å². The summed E-state index contributed by atoms with van der Waals surface area (Å²) in [6.07, 6.45) is 0. The third kappa shape index (κ3) is 5.47. The molecule has 0 aliphatic rings. The highest BCUT2D eigenvalue weighted by Crippen LogP contribution is 2.18. The zero-order valence-electron chi connectivity index (χ0n) is 16.1. The average molecular weight is 391 g/mol. The Hall–Kier alpha value is -2.54. The van der Waals surface area contributed by atoms with E-state index in [0.29, 0.717) is 17.9 Å². The van der Waals surface area contributed by atoms with E-state index in [1.165, 1.54) is 11.4 Å². The van der Waals surface area contributed by atoms with Gasteiger partial charge < -0.3 is 10.1 Å². The van der Waals surface area contributed by atoms with Gasteiger partial charge in [-0.05, 0) is 56.7 Å². The van der Waals surface area contributed by atoms with Crippen LogP contribution in [0.4, 0.5) is 5.69 Å².